The van der Waals surface area contributed by atoms with Gasteiger partial charge in [-0.3, -0.25) is 4.79 Å². The Morgan fingerprint density at radius 2 is 1.63 bits per heavy atom. The highest BCUT2D eigenvalue weighted by Gasteiger charge is 2.42. The summed E-state index contributed by atoms with van der Waals surface area (Å²) in [5.74, 6) is 0.557. The second-order valence-corrected chi connectivity index (χ2v) is 10.6. The van der Waals surface area contributed by atoms with Gasteiger partial charge in [-0.2, -0.15) is 0 Å². The van der Waals surface area contributed by atoms with Gasteiger partial charge in [0.1, 0.15) is 17.1 Å². The summed E-state index contributed by atoms with van der Waals surface area (Å²) in [4.78, 5) is 24.5. The normalized spacial score (nSPS) is 15.0. The number of aldehydes is 1. The standard InChI is InChI=1S/C26H32O4/c1-24(2,3)16-12-17(23(28)29-9)22-19(13-16)26(7,8)20-18(25(4,5)6)11-10-15(14-27)21(20)30-22/h10-14H,1-9H3. The summed E-state index contributed by atoms with van der Waals surface area (Å²) < 4.78 is 11.4. The first-order valence-electron chi connectivity index (χ1n) is 10.3. The zero-order valence-corrected chi connectivity index (χ0v) is 19.5. The van der Waals surface area contributed by atoms with Gasteiger partial charge in [0.05, 0.1) is 12.7 Å². The summed E-state index contributed by atoms with van der Waals surface area (Å²) in [6.07, 6.45) is 0.813. The first-order valence-corrected chi connectivity index (χ1v) is 10.3. The molecule has 30 heavy (non-hydrogen) atoms. The molecular weight excluding hydrogens is 376 g/mol. The number of hydrogen-bond acceptors (Lipinski definition) is 4. The van der Waals surface area contributed by atoms with Crippen LogP contribution in [0.1, 0.15) is 98.4 Å². The molecule has 0 radical (unpaired) electrons. The molecule has 1 heterocycles. The minimum Gasteiger partial charge on any atom is -0.465 e. The molecule has 160 valence electrons. The maximum atomic E-state index is 12.7. The third kappa shape index (κ3) is 3.42. The summed E-state index contributed by atoms with van der Waals surface area (Å²) in [6, 6.07) is 7.80. The SMILES string of the molecule is COC(=O)c1cc(C(C)(C)C)cc2c1Oc1c(C=O)ccc(C(C)(C)C)c1C2(C)C. The highest BCUT2D eigenvalue weighted by atomic mass is 16.5. The summed E-state index contributed by atoms with van der Waals surface area (Å²) >= 11 is 0. The fourth-order valence-electron chi connectivity index (χ4n) is 4.18. The number of ether oxygens (including phenoxy) is 2. The van der Waals surface area contributed by atoms with Crippen molar-refractivity contribution in [3.8, 4) is 11.5 Å². The third-order valence-electron chi connectivity index (χ3n) is 5.99. The van der Waals surface area contributed by atoms with Gasteiger partial charge in [0.2, 0.25) is 0 Å². The number of esters is 1. The third-order valence-corrected chi connectivity index (χ3v) is 5.99. The average molecular weight is 409 g/mol. The molecule has 3 rings (SSSR count). The van der Waals surface area contributed by atoms with Crippen molar-refractivity contribution in [3.05, 3.63) is 57.6 Å². The van der Waals surface area contributed by atoms with Crippen molar-refractivity contribution in [3.63, 3.8) is 0 Å². The fourth-order valence-corrected chi connectivity index (χ4v) is 4.18. The predicted molar refractivity (Wildman–Crippen MR) is 119 cm³/mol. The number of benzene rings is 2. The molecule has 0 amide bonds. The Morgan fingerprint density at radius 3 is 2.13 bits per heavy atom. The van der Waals surface area contributed by atoms with Crippen molar-refractivity contribution in [2.75, 3.05) is 7.11 Å². The van der Waals surface area contributed by atoms with Crippen LogP contribution in [0.15, 0.2) is 24.3 Å². The molecule has 1 aliphatic heterocycles. The van der Waals surface area contributed by atoms with Gasteiger partial charge >= 0.3 is 5.97 Å². The monoisotopic (exact) mass is 408 g/mol. The molecule has 4 heteroatoms. The van der Waals surface area contributed by atoms with E-state index in [0.29, 0.717) is 22.6 Å². The van der Waals surface area contributed by atoms with Gasteiger partial charge in [-0.25, -0.2) is 4.79 Å². The highest BCUT2D eigenvalue weighted by molar-refractivity contribution is 5.95. The highest BCUT2D eigenvalue weighted by Crippen LogP contribution is 2.54. The van der Waals surface area contributed by atoms with Crippen LogP contribution in [0.2, 0.25) is 0 Å². The number of hydrogen-bond donors (Lipinski definition) is 0. The van der Waals surface area contributed by atoms with Crippen molar-refractivity contribution in [2.24, 2.45) is 0 Å². The van der Waals surface area contributed by atoms with E-state index in [1.165, 1.54) is 7.11 Å². The van der Waals surface area contributed by atoms with E-state index in [4.69, 9.17) is 9.47 Å². The number of methoxy groups -OCH3 is 1. The van der Waals surface area contributed by atoms with E-state index in [1.54, 1.807) is 6.07 Å². The minimum atomic E-state index is -0.478. The van der Waals surface area contributed by atoms with Crippen molar-refractivity contribution >= 4 is 12.3 Å². The molecule has 0 saturated heterocycles. The molecule has 0 atom stereocenters. The van der Waals surface area contributed by atoms with Gasteiger partial charge in [-0.1, -0.05) is 67.5 Å². The average Bonchev–Trinajstić information content (AvgIpc) is 2.64. The van der Waals surface area contributed by atoms with Crippen LogP contribution >= 0.6 is 0 Å². The molecule has 0 fully saturated rings. The first-order chi connectivity index (χ1) is 13.7. The van der Waals surface area contributed by atoms with Crippen molar-refractivity contribution in [1.82, 2.24) is 0 Å². The molecule has 2 aromatic rings. The molecule has 0 N–H and O–H groups in total. The van der Waals surface area contributed by atoms with E-state index >= 15 is 0 Å². The number of rotatable bonds is 2. The van der Waals surface area contributed by atoms with Gasteiger partial charge in [-0.05, 0) is 34.1 Å². The first kappa shape index (κ1) is 22.1. The van der Waals surface area contributed by atoms with Crippen LogP contribution in [-0.2, 0) is 21.0 Å². The molecule has 0 saturated carbocycles. The summed E-state index contributed by atoms with van der Waals surface area (Å²) in [5.41, 5.74) is 4.16. The van der Waals surface area contributed by atoms with Gasteiger partial charge in [-0.15, -0.1) is 0 Å². The zero-order valence-electron chi connectivity index (χ0n) is 19.5. The summed E-state index contributed by atoms with van der Waals surface area (Å²) in [7, 11) is 1.37. The van der Waals surface area contributed by atoms with E-state index in [9.17, 15) is 9.59 Å². The summed E-state index contributed by atoms with van der Waals surface area (Å²) in [5, 5.41) is 0. The van der Waals surface area contributed by atoms with E-state index in [-0.39, 0.29) is 10.8 Å². The lowest BCUT2D eigenvalue weighted by Crippen LogP contribution is -2.31. The largest absolute Gasteiger partial charge is 0.465 e. The van der Waals surface area contributed by atoms with Crippen molar-refractivity contribution in [1.29, 1.82) is 0 Å². The van der Waals surface area contributed by atoms with E-state index < -0.39 is 11.4 Å². The van der Waals surface area contributed by atoms with Gasteiger partial charge in [0.15, 0.2) is 6.29 Å². The molecule has 0 unspecified atom stereocenters. The molecule has 0 aromatic heterocycles. The Balaban J connectivity index is 2.45. The number of carbonyl (C=O) groups excluding carboxylic acids is 2. The molecule has 0 aliphatic carbocycles. The quantitative estimate of drug-likeness (QED) is 0.431. The Hall–Kier alpha value is -2.62. The van der Waals surface area contributed by atoms with Crippen LogP contribution in [0, 0.1) is 0 Å². The lowest BCUT2D eigenvalue weighted by Gasteiger charge is -2.40. The van der Waals surface area contributed by atoms with E-state index in [1.807, 2.05) is 12.1 Å². The van der Waals surface area contributed by atoms with Crippen LogP contribution in [0.5, 0.6) is 11.5 Å². The molecule has 2 aromatic carbocycles. The second-order valence-electron chi connectivity index (χ2n) is 10.6. The predicted octanol–water partition coefficient (Wildman–Crippen LogP) is 6.31. The van der Waals surface area contributed by atoms with Gasteiger partial charge in [0, 0.05) is 16.5 Å². The lowest BCUT2D eigenvalue weighted by atomic mass is 9.67. The molecule has 4 nitrogen and oxygen atoms in total. The number of fused-ring (bicyclic) bond motifs is 2. The maximum absolute atomic E-state index is 12.7. The maximum Gasteiger partial charge on any atom is 0.341 e. The van der Waals surface area contributed by atoms with Crippen molar-refractivity contribution < 1.29 is 19.1 Å². The van der Waals surface area contributed by atoms with Crippen LogP contribution in [0.4, 0.5) is 0 Å². The van der Waals surface area contributed by atoms with Crippen LogP contribution in [0.3, 0.4) is 0 Å². The fraction of sp³-hybridized carbons (Fsp3) is 0.462. The van der Waals surface area contributed by atoms with E-state index in [0.717, 1.165) is 28.5 Å². The Labute approximate surface area is 179 Å². The smallest absolute Gasteiger partial charge is 0.341 e. The molecule has 0 spiro atoms. The number of carbonyl (C=O) groups is 2. The van der Waals surface area contributed by atoms with Crippen molar-refractivity contribution in [2.45, 2.75) is 71.6 Å². The Morgan fingerprint density at radius 1 is 1.00 bits per heavy atom. The van der Waals surface area contributed by atoms with Gasteiger partial charge < -0.3 is 9.47 Å². The molecule has 1 aliphatic rings. The van der Waals surface area contributed by atoms with Crippen LogP contribution in [0.25, 0.3) is 0 Å². The topological polar surface area (TPSA) is 52.6 Å². The van der Waals surface area contributed by atoms with Gasteiger partial charge in [0.25, 0.3) is 0 Å². The zero-order chi connectivity index (χ0) is 22.6. The second kappa shape index (κ2) is 6.97. The molecule has 0 bridgehead atoms. The van der Waals surface area contributed by atoms with E-state index in [2.05, 4.69) is 61.5 Å². The van der Waals surface area contributed by atoms with Crippen LogP contribution in [-0.4, -0.2) is 19.4 Å². The Bertz CT molecular complexity index is 1030. The minimum absolute atomic E-state index is 0.142. The summed E-state index contributed by atoms with van der Waals surface area (Å²) in [6.45, 7) is 17.1. The van der Waals surface area contributed by atoms with Crippen LogP contribution < -0.4 is 4.74 Å². The Kier molecular flexibility index (Phi) is 5.13. The lowest BCUT2D eigenvalue weighted by molar-refractivity contribution is 0.0597. The molecular formula is C26H32O4.